The molecule has 2 aromatic carbocycles. The average Bonchev–Trinajstić information content (AvgIpc) is 2.62. The molecule has 0 N–H and O–H groups in total. The Hall–Kier alpha value is -3.55. The molecule has 0 spiro atoms. The van der Waals surface area contributed by atoms with E-state index in [4.69, 9.17) is 10.5 Å². The van der Waals surface area contributed by atoms with Crippen molar-refractivity contribution < 1.29 is 0 Å². The van der Waals surface area contributed by atoms with Gasteiger partial charge >= 0.3 is 0 Å². The monoisotopic (exact) mass is 298 g/mol. The maximum absolute atomic E-state index is 9.19. The van der Waals surface area contributed by atoms with Gasteiger partial charge in [-0.2, -0.15) is 15.8 Å². The van der Waals surface area contributed by atoms with Crippen LogP contribution in [-0.4, -0.2) is 6.54 Å². The largest absolute Gasteiger partial charge is 0.342 e. The zero-order valence-corrected chi connectivity index (χ0v) is 12.7. The fraction of sp³-hybridized carbons (Fsp3) is 0.105. The molecule has 0 aliphatic carbocycles. The smallest absolute Gasteiger partial charge is 0.148 e. The van der Waals surface area contributed by atoms with Gasteiger partial charge in [-0.15, -0.1) is 0 Å². The molecule has 4 heteroatoms. The van der Waals surface area contributed by atoms with Crippen molar-refractivity contribution in [2.45, 2.75) is 6.92 Å². The molecule has 0 saturated heterocycles. The van der Waals surface area contributed by atoms with Gasteiger partial charge in [0.25, 0.3) is 0 Å². The molecule has 0 atom stereocenters. The Bertz CT molecular complexity index is 812. The first-order chi connectivity index (χ1) is 11.2. The Morgan fingerprint density at radius 3 is 1.87 bits per heavy atom. The number of hydrogen-bond acceptors (Lipinski definition) is 4. The van der Waals surface area contributed by atoms with Gasteiger partial charge in [0.2, 0.25) is 0 Å². The van der Waals surface area contributed by atoms with Gasteiger partial charge in [-0.05, 0) is 36.8 Å². The fourth-order valence-corrected chi connectivity index (χ4v) is 2.33. The van der Waals surface area contributed by atoms with Gasteiger partial charge in [0.15, 0.2) is 0 Å². The zero-order valence-electron chi connectivity index (χ0n) is 12.7. The summed E-state index contributed by atoms with van der Waals surface area (Å²) in [5, 5.41) is 27.1. The molecule has 2 rings (SSSR count). The van der Waals surface area contributed by atoms with Crippen molar-refractivity contribution >= 4 is 16.9 Å². The molecular formula is C19H14N4. The van der Waals surface area contributed by atoms with Crippen LogP contribution in [0, 0.1) is 34.0 Å². The highest BCUT2D eigenvalue weighted by molar-refractivity contribution is 5.85. The van der Waals surface area contributed by atoms with E-state index < -0.39 is 0 Å². The van der Waals surface area contributed by atoms with Crippen molar-refractivity contribution in [2.75, 3.05) is 11.4 Å². The molecule has 0 aliphatic rings. The number of hydrogen-bond donors (Lipinski definition) is 0. The van der Waals surface area contributed by atoms with Gasteiger partial charge in [-0.1, -0.05) is 30.3 Å². The summed E-state index contributed by atoms with van der Waals surface area (Å²) >= 11 is 0. The van der Waals surface area contributed by atoms with Crippen LogP contribution in [0.5, 0.6) is 0 Å². The predicted octanol–water partition coefficient (Wildman–Crippen LogP) is 4.17. The normalized spacial score (nSPS) is 9.13. The molecule has 23 heavy (non-hydrogen) atoms. The van der Waals surface area contributed by atoms with Crippen LogP contribution in [0.4, 0.5) is 11.4 Å². The summed E-state index contributed by atoms with van der Waals surface area (Å²) in [5.74, 6) is 0. The first kappa shape index (κ1) is 15.8. The van der Waals surface area contributed by atoms with Gasteiger partial charge in [0, 0.05) is 17.9 Å². The number of nitrogens with zero attached hydrogens (tertiary/aromatic N) is 4. The molecule has 0 unspecified atom stereocenters. The zero-order chi connectivity index (χ0) is 16.7. The Morgan fingerprint density at radius 1 is 0.826 bits per heavy atom. The maximum atomic E-state index is 9.19. The lowest BCUT2D eigenvalue weighted by molar-refractivity contribution is 1.02. The molecule has 2 aromatic rings. The van der Waals surface area contributed by atoms with E-state index in [1.165, 1.54) is 0 Å². The van der Waals surface area contributed by atoms with Crippen molar-refractivity contribution in [1.29, 1.82) is 15.8 Å². The Labute approximate surface area is 135 Å². The summed E-state index contributed by atoms with van der Waals surface area (Å²) in [6, 6.07) is 22.7. The lowest BCUT2D eigenvalue weighted by Gasteiger charge is -2.23. The fourth-order valence-electron chi connectivity index (χ4n) is 2.33. The molecule has 0 radical (unpaired) electrons. The quantitative estimate of drug-likeness (QED) is 0.794. The van der Waals surface area contributed by atoms with Crippen molar-refractivity contribution in [1.82, 2.24) is 0 Å². The highest BCUT2D eigenvalue weighted by atomic mass is 15.1. The molecule has 0 amide bonds. The second-order valence-corrected chi connectivity index (χ2v) is 4.71. The van der Waals surface area contributed by atoms with Crippen LogP contribution in [0.1, 0.15) is 12.5 Å². The molecule has 0 heterocycles. The van der Waals surface area contributed by atoms with Gasteiger partial charge in [-0.3, -0.25) is 0 Å². The van der Waals surface area contributed by atoms with Crippen LogP contribution in [0.2, 0.25) is 0 Å². The second-order valence-electron chi connectivity index (χ2n) is 4.71. The van der Waals surface area contributed by atoms with E-state index in [-0.39, 0.29) is 11.1 Å². The molecule has 0 bridgehead atoms. The molecule has 110 valence electrons. The van der Waals surface area contributed by atoms with Gasteiger partial charge in [0.05, 0.1) is 5.57 Å². The summed E-state index contributed by atoms with van der Waals surface area (Å²) < 4.78 is 0. The third kappa shape index (κ3) is 3.38. The molecule has 4 nitrogen and oxygen atoms in total. The van der Waals surface area contributed by atoms with Crippen molar-refractivity contribution in [3.05, 3.63) is 65.7 Å². The van der Waals surface area contributed by atoms with Crippen LogP contribution in [0.25, 0.3) is 5.57 Å². The molecule has 0 saturated carbocycles. The minimum atomic E-state index is -0.171. The van der Waals surface area contributed by atoms with Crippen molar-refractivity contribution in [3.8, 4) is 18.2 Å². The topological polar surface area (TPSA) is 74.6 Å². The van der Waals surface area contributed by atoms with Crippen LogP contribution in [-0.2, 0) is 0 Å². The van der Waals surface area contributed by atoms with Gasteiger partial charge < -0.3 is 4.90 Å². The molecule has 0 aromatic heterocycles. The van der Waals surface area contributed by atoms with Gasteiger partial charge in [-0.25, -0.2) is 0 Å². The highest BCUT2D eigenvalue weighted by Crippen LogP contribution is 2.27. The Morgan fingerprint density at radius 2 is 1.39 bits per heavy atom. The van der Waals surface area contributed by atoms with E-state index in [9.17, 15) is 5.26 Å². The number of anilines is 2. The van der Waals surface area contributed by atoms with E-state index in [1.54, 1.807) is 24.3 Å². The van der Waals surface area contributed by atoms with E-state index in [0.717, 1.165) is 17.9 Å². The summed E-state index contributed by atoms with van der Waals surface area (Å²) in [6.45, 7) is 2.86. The van der Waals surface area contributed by atoms with Crippen molar-refractivity contribution in [3.63, 3.8) is 0 Å². The molecule has 0 aliphatic heterocycles. The minimum absolute atomic E-state index is 0.101. The van der Waals surface area contributed by atoms with Crippen molar-refractivity contribution in [2.24, 2.45) is 0 Å². The van der Waals surface area contributed by atoms with E-state index in [0.29, 0.717) is 5.56 Å². The Kier molecular flexibility index (Phi) is 5.13. The average molecular weight is 298 g/mol. The first-order valence-electron chi connectivity index (χ1n) is 7.12. The molecule has 0 fully saturated rings. The van der Waals surface area contributed by atoms with Gasteiger partial charge in [0.1, 0.15) is 23.8 Å². The van der Waals surface area contributed by atoms with E-state index in [2.05, 4.69) is 11.8 Å². The predicted molar refractivity (Wildman–Crippen MR) is 89.3 cm³/mol. The summed E-state index contributed by atoms with van der Waals surface area (Å²) in [7, 11) is 0. The summed E-state index contributed by atoms with van der Waals surface area (Å²) in [4.78, 5) is 2.13. The Balaban J connectivity index is 2.41. The van der Waals surface area contributed by atoms with Crippen LogP contribution < -0.4 is 4.90 Å². The number of benzene rings is 2. The number of para-hydroxylation sites is 1. The number of rotatable bonds is 4. The third-order valence-electron chi connectivity index (χ3n) is 3.44. The van der Waals surface area contributed by atoms with E-state index >= 15 is 0 Å². The number of allylic oxidation sites excluding steroid dienone is 2. The lowest BCUT2D eigenvalue weighted by Crippen LogP contribution is -2.15. The standard InChI is InChI=1S/C19H14N4/c1-2-23(17-6-4-3-5-7-17)18-10-8-15(9-11-18)19(14-22)16(12-20)13-21/h3-11H,2H2,1H3. The summed E-state index contributed by atoms with van der Waals surface area (Å²) in [6.07, 6.45) is 0. The van der Waals surface area contributed by atoms with E-state index in [1.807, 2.05) is 48.5 Å². The van der Waals surface area contributed by atoms with Crippen LogP contribution in [0.3, 0.4) is 0 Å². The third-order valence-corrected chi connectivity index (χ3v) is 3.44. The SMILES string of the molecule is CCN(c1ccccc1)c1ccc(C(C#N)=C(C#N)C#N)cc1. The van der Waals surface area contributed by atoms with Crippen LogP contribution >= 0.6 is 0 Å². The maximum Gasteiger partial charge on any atom is 0.148 e. The summed E-state index contributed by atoms with van der Waals surface area (Å²) in [5.41, 5.74) is 2.56. The highest BCUT2D eigenvalue weighted by Gasteiger charge is 2.11. The number of nitriles is 3. The lowest BCUT2D eigenvalue weighted by atomic mass is 10.0. The van der Waals surface area contributed by atoms with Crippen LogP contribution in [0.15, 0.2) is 60.2 Å². The molecular weight excluding hydrogens is 284 g/mol. The second kappa shape index (κ2) is 7.46. The first-order valence-corrected chi connectivity index (χ1v) is 7.12. The minimum Gasteiger partial charge on any atom is -0.342 e.